The Morgan fingerprint density at radius 3 is 2.57 bits per heavy atom. The van der Waals surface area contributed by atoms with Gasteiger partial charge in [-0.15, -0.1) is 0 Å². The number of likely N-dealkylation sites (tertiary alicyclic amines) is 1. The minimum atomic E-state index is -0.954. The quantitative estimate of drug-likeness (QED) is 0.900. The fourth-order valence-corrected chi connectivity index (χ4v) is 2.84. The van der Waals surface area contributed by atoms with Gasteiger partial charge in [-0.25, -0.2) is 4.79 Å². The van der Waals surface area contributed by atoms with Crippen molar-refractivity contribution < 1.29 is 19.4 Å². The molecule has 0 bridgehead atoms. The highest BCUT2D eigenvalue weighted by atomic mass is 79.9. The number of halogens is 1. The van der Waals surface area contributed by atoms with Crippen molar-refractivity contribution in [1.82, 2.24) is 4.90 Å². The number of carbonyl (C=O) groups excluding carboxylic acids is 1. The van der Waals surface area contributed by atoms with Crippen molar-refractivity contribution in [3.8, 4) is 5.75 Å². The lowest BCUT2D eigenvalue weighted by atomic mass is 10.0. The van der Waals surface area contributed by atoms with Crippen LogP contribution in [-0.4, -0.2) is 40.6 Å². The molecule has 21 heavy (non-hydrogen) atoms. The molecule has 2 rings (SSSR count). The van der Waals surface area contributed by atoms with Gasteiger partial charge in [-0.3, -0.25) is 4.79 Å². The van der Waals surface area contributed by atoms with Gasteiger partial charge in [-0.2, -0.15) is 0 Å². The number of carboxylic acids is 1. The molecule has 1 aromatic carbocycles. The molecule has 1 aliphatic heterocycles. The fourth-order valence-electron chi connectivity index (χ4n) is 2.57. The van der Waals surface area contributed by atoms with Gasteiger partial charge in [0.05, 0.1) is 0 Å². The highest BCUT2D eigenvalue weighted by molar-refractivity contribution is 9.10. The van der Waals surface area contributed by atoms with E-state index in [1.165, 1.54) is 4.90 Å². The van der Waals surface area contributed by atoms with E-state index in [1.54, 1.807) is 19.1 Å². The molecule has 114 valence electrons. The Balaban J connectivity index is 2.05. The second-order valence-corrected chi connectivity index (χ2v) is 6.21. The Morgan fingerprint density at radius 1 is 1.38 bits per heavy atom. The molecule has 3 unspecified atom stereocenters. The van der Waals surface area contributed by atoms with Crippen molar-refractivity contribution in [1.29, 1.82) is 0 Å². The molecule has 5 nitrogen and oxygen atoms in total. The summed E-state index contributed by atoms with van der Waals surface area (Å²) in [5.41, 5.74) is 0. The summed E-state index contributed by atoms with van der Waals surface area (Å²) in [5.74, 6) is -0.691. The summed E-state index contributed by atoms with van der Waals surface area (Å²) in [6.45, 7) is 3.96. The van der Waals surface area contributed by atoms with E-state index >= 15 is 0 Å². The van der Waals surface area contributed by atoms with Gasteiger partial charge in [0.2, 0.25) is 0 Å². The molecule has 0 aromatic heterocycles. The first-order valence-electron chi connectivity index (χ1n) is 6.85. The predicted octanol–water partition coefficient (Wildman–Crippen LogP) is 2.54. The van der Waals surface area contributed by atoms with Crippen LogP contribution in [0.4, 0.5) is 0 Å². The standard InChI is InChI=1S/C15H18BrNO4/c1-9-7-8-17(13(9)15(19)20)14(18)10(2)21-12-5-3-11(16)4-6-12/h3-6,9-10,13H,7-8H2,1-2H3,(H,19,20). The van der Waals surface area contributed by atoms with Crippen LogP contribution in [0.2, 0.25) is 0 Å². The molecule has 1 amide bonds. The number of aliphatic carboxylic acids is 1. The zero-order valence-electron chi connectivity index (χ0n) is 12.0. The van der Waals surface area contributed by atoms with E-state index < -0.39 is 18.1 Å². The zero-order valence-corrected chi connectivity index (χ0v) is 13.5. The average molecular weight is 356 g/mol. The first kappa shape index (κ1) is 15.8. The van der Waals surface area contributed by atoms with E-state index in [4.69, 9.17) is 4.74 Å². The van der Waals surface area contributed by atoms with Gasteiger partial charge in [0.1, 0.15) is 11.8 Å². The molecule has 1 fully saturated rings. The number of hydrogen-bond donors (Lipinski definition) is 1. The molecule has 0 radical (unpaired) electrons. The molecule has 3 atom stereocenters. The van der Waals surface area contributed by atoms with Crippen LogP contribution in [0.1, 0.15) is 20.3 Å². The van der Waals surface area contributed by atoms with E-state index in [9.17, 15) is 14.7 Å². The molecular formula is C15H18BrNO4. The summed E-state index contributed by atoms with van der Waals surface area (Å²) in [4.78, 5) is 25.1. The van der Waals surface area contributed by atoms with Crippen LogP contribution in [0.5, 0.6) is 5.75 Å². The Kier molecular flexibility index (Phi) is 4.88. The summed E-state index contributed by atoms with van der Waals surface area (Å²) in [5, 5.41) is 9.27. The fraction of sp³-hybridized carbons (Fsp3) is 0.467. The highest BCUT2D eigenvalue weighted by Gasteiger charge is 2.41. The Labute approximate surface area is 132 Å². The first-order valence-corrected chi connectivity index (χ1v) is 7.65. The average Bonchev–Trinajstić information content (AvgIpc) is 2.82. The summed E-state index contributed by atoms with van der Waals surface area (Å²) in [6.07, 6.45) is -0.00779. The van der Waals surface area contributed by atoms with Crippen molar-refractivity contribution >= 4 is 27.8 Å². The third-order valence-corrected chi connectivity index (χ3v) is 4.24. The maximum atomic E-state index is 12.4. The lowest BCUT2D eigenvalue weighted by Crippen LogP contribution is -2.47. The lowest BCUT2D eigenvalue weighted by molar-refractivity contribution is -0.152. The maximum absolute atomic E-state index is 12.4. The SMILES string of the molecule is CC(Oc1ccc(Br)cc1)C(=O)N1CCC(C)C1C(=O)O. The van der Waals surface area contributed by atoms with Gasteiger partial charge in [-0.1, -0.05) is 22.9 Å². The molecule has 1 aromatic rings. The zero-order chi connectivity index (χ0) is 15.6. The third-order valence-electron chi connectivity index (χ3n) is 3.71. The van der Waals surface area contributed by atoms with Gasteiger partial charge < -0.3 is 14.7 Å². The summed E-state index contributed by atoms with van der Waals surface area (Å²) < 4.78 is 6.53. The number of nitrogens with zero attached hydrogens (tertiary/aromatic N) is 1. The predicted molar refractivity (Wildman–Crippen MR) is 81.1 cm³/mol. The number of rotatable bonds is 4. The number of amides is 1. The Bertz CT molecular complexity index is 531. The van der Waals surface area contributed by atoms with Crippen LogP contribution in [0.25, 0.3) is 0 Å². The minimum absolute atomic E-state index is 0.0358. The summed E-state index contributed by atoms with van der Waals surface area (Å²) in [7, 11) is 0. The number of carboxylic acid groups (broad SMARTS) is 1. The topological polar surface area (TPSA) is 66.8 Å². The lowest BCUT2D eigenvalue weighted by Gasteiger charge is -2.26. The molecule has 6 heteroatoms. The van der Waals surface area contributed by atoms with Crippen LogP contribution in [0.15, 0.2) is 28.7 Å². The van der Waals surface area contributed by atoms with Gasteiger partial charge in [0, 0.05) is 11.0 Å². The van der Waals surface area contributed by atoms with Crippen molar-refractivity contribution in [2.45, 2.75) is 32.4 Å². The number of ether oxygens (including phenoxy) is 1. The van der Waals surface area contributed by atoms with Gasteiger partial charge in [0.15, 0.2) is 6.10 Å². The molecule has 0 spiro atoms. The minimum Gasteiger partial charge on any atom is -0.481 e. The summed E-state index contributed by atoms with van der Waals surface area (Å²) in [6, 6.07) is 6.41. The van der Waals surface area contributed by atoms with Gasteiger partial charge in [0.25, 0.3) is 5.91 Å². The highest BCUT2D eigenvalue weighted by Crippen LogP contribution is 2.26. The number of hydrogen-bond acceptors (Lipinski definition) is 3. The van der Waals surface area contributed by atoms with Crippen molar-refractivity contribution in [3.05, 3.63) is 28.7 Å². The molecule has 0 saturated carbocycles. The first-order chi connectivity index (χ1) is 9.90. The normalized spacial score (nSPS) is 22.9. The Morgan fingerprint density at radius 2 is 2.00 bits per heavy atom. The number of carbonyl (C=O) groups is 2. The van der Waals surface area contributed by atoms with E-state index in [1.807, 2.05) is 19.1 Å². The molecule has 0 aliphatic carbocycles. The molecule has 1 heterocycles. The van der Waals surface area contributed by atoms with Crippen molar-refractivity contribution in [2.24, 2.45) is 5.92 Å². The van der Waals surface area contributed by atoms with Crippen LogP contribution < -0.4 is 4.74 Å². The molecule has 1 N–H and O–H groups in total. The summed E-state index contributed by atoms with van der Waals surface area (Å²) >= 11 is 3.33. The van der Waals surface area contributed by atoms with Crippen LogP contribution in [0.3, 0.4) is 0 Å². The van der Waals surface area contributed by atoms with E-state index in [0.29, 0.717) is 18.7 Å². The second kappa shape index (κ2) is 6.47. The monoisotopic (exact) mass is 355 g/mol. The van der Waals surface area contributed by atoms with E-state index in [-0.39, 0.29) is 11.8 Å². The van der Waals surface area contributed by atoms with Crippen molar-refractivity contribution in [3.63, 3.8) is 0 Å². The molecule has 1 aliphatic rings. The van der Waals surface area contributed by atoms with Crippen LogP contribution in [-0.2, 0) is 9.59 Å². The Hall–Kier alpha value is -1.56. The maximum Gasteiger partial charge on any atom is 0.326 e. The van der Waals surface area contributed by atoms with E-state index in [0.717, 1.165) is 4.47 Å². The van der Waals surface area contributed by atoms with Crippen molar-refractivity contribution in [2.75, 3.05) is 6.54 Å². The second-order valence-electron chi connectivity index (χ2n) is 5.29. The van der Waals surface area contributed by atoms with Crippen LogP contribution in [0, 0.1) is 5.92 Å². The van der Waals surface area contributed by atoms with Gasteiger partial charge in [-0.05, 0) is 43.5 Å². The smallest absolute Gasteiger partial charge is 0.326 e. The largest absolute Gasteiger partial charge is 0.481 e. The molecule has 1 saturated heterocycles. The van der Waals surface area contributed by atoms with Gasteiger partial charge >= 0.3 is 5.97 Å². The molecular weight excluding hydrogens is 338 g/mol. The number of benzene rings is 1. The van der Waals surface area contributed by atoms with E-state index in [2.05, 4.69) is 15.9 Å². The van der Waals surface area contributed by atoms with Crippen LogP contribution >= 0.6 is 15.9 Å². The third kappa shape index (κ3) is 3.56.